The fourth-order valence-corrected chi connectivity index (χ4v) is 2.87. The molecule has 1 aromatic carbocycles. The first-order valence-corrected chi connectivity index (χ1v) is 7.80. The number of rotatable bonds is 5. The van der Waals surface area contributed by atoms with Gasteiger partial charge in [0.2, 0.25) is 5.91 Å². The van der Waals surface area contributed by atoms with Gasteiger partial charge in [0.1, 0.15) is 0 Å². The highest BCUT2D eigenvalue weighted by molar-refractivity contribution is 5.86. The molecule has 0 spiro atoms. The molecule has 21 heavy (non-hydrogen) atoms. The zero-order chi connectivity index (χ0) is 15.3. The maximum absolute atomic E-state index is 12.4. The van der Waals surface area contributed by atoms with Gasteiger partial charge in [-0.3, -0.25) is 9.69 Å². The van der Waals surface area contributed by atoms with Crippen molar-refractivity contribution in [3.63, 3.8) is 0 Å². The molecule has 0 aromatic heterocycles. The monoisotopic (exact) mass is 286 g/mol. The number of benzene rings is 1. The van der Waals surface area contributed by atoms with Crippen LogP contribution in [-0.2, 0) is 4.79 Å². The lowest BCUT2D eigenvalue weighted by molar-refractivity contribution is -0.131. The molecule has 0 aliphatic carbocycles. The maximum Gasteiger partial charge on any atom is 0.240 e. The average molecular weight is 286 g/mol. The van der Waals surface area contributed by atoms with Gasteiger partial charge >= 0.3 is 0 Å². The Balaban J connectivity index is 1.98. The second-order valence-corrected chi connectivity index (χ2v) is 6.26. The lowest BCUT2D eigenvalue weighted by atomic mass is 9.97. The molecule has 3 nitrogen and oxygen atoms in total. The van der Waals surface area contributed by atoms with Crippen LogP contribution in [0.3, 0.4) is 0 Å². The topological polar surface area (TPSA) is 32.3 Å². The summed E-state index contributed by atoms with van der Waals surface area (Å²) in [6, 6.07) is 10.5. The predicted octanol–water partition coefficient (Wildman–Crippen LogP) is 3.08. The third kappa shape index (κ3) is 3.94. The summed E-state index contributed by atoms with van der Waals surface area (Å²) in [4.78, 5) is 14.7. The third-order valence-corrected chi connectivity index (χ3v) is 4.13. The van der Waals surface area contributed by atoms with Gasteiger partial charge in [0.15, 0.2) is 0 Å². The molecule has 1 fully saturated rings. The van der Waals surface area contributed by atoms with Gasteiger partial charge in [0.25, 0.3) is 0 Å². The molecule has 1 aromatic rings. The molecule has 1 aliphatic rings. The Morgan fingerprint density at radius 3 is 2.76 bits per heavy atom. The Morgan fingerprint density at radius 1 is 1.38 bits per heavy atom. The number of hydrogen-bond acceptors (Lipinski definition) is 2. The number of nitrogens with one attached hydrogen (secondary N) is 1. The van der Waals surface area contributed by atoms with Crippen LogP contribution in [0.25, 0.3) is 6.08 Å². The van der Waals surface area contributed by atoms with E-state index in [1.165, 1.54) is 5.56 Å². The summed E-state index contributed by atoms with van der Waals surface area (Å²) in [6.07, 6.45) is 6.30. The number of nitrogens with zero attached hydrogens (tertiary/aromatic N) is 1. The minimum Gasteiger partial charge on any atom is -0.352 e. The minimum atomic E-state index is -0.370. The Kier molecular flexibility index (Phi) is 5.18. The molecular weight excluding hydrogens is 260 g/mol. The highest BCUT2D eigenvalue weighted by Crippen LogP contribution is 2.29. The van der Waals surface area contributed by atoms with Crippen LogP contribution in [0.5, 0.6) is 0 Å². The fourth-order valence-electron chi connectivity index (χ4n) is 2.87. The van der Waals surface area contributed by atoms with E-state index in [2.05, 4.69) is 41.4 Å². The average Bonchev–Trinajstić information content (AvgIpc) is 2.82. The second-order valence-electron chi connectivity index (χ2n) is 6.26. The number of hydrogen-bond donors (Lipinski definition) is 1. The summed E-state index contributed by atoms with van der Waals surface area (Å²) in [6.45, 7) is 7.89. The van der Waals surface area contributed by atoms with E-state index in [1.54, 1.807) is 0 Å². The molecule has 1 saturated heterocycles. The van der Waals surface area contributed by atoms with Crippen LogP contribution < -0.4 is 5.32 Å². The molecule has 1 N–H and O–H groups in total. The zero-order valence-corrected chi connectivity index (χ0v) is 13.3. The van der Waals surface area contributed by atoms with E-state index in [9.17, 15) is 4.79 Å². The molecule has 0 radical (unpaired) electrons. The van der Waals surface area contributed by atoms with Gasteiger partial charge in [-0.25, -0.2) is 0 Å². The summed E-state index contributed by atoms with van der Waals surface area (Å²) in [7, 11) is 0. The van der Waals surface area contributed by atoms with Crippen LogP contribution in [0, 0.1) is 0 Å². The van der Waals surface area contributed by atoms with Gasteiger partial charge in [-0.15, -0.1) is 0 Å². The first-order valence-electron chi connectivity index (χ1n) is 7.80. The number of amides is 1. The first-order chi connectivity index (χ1) is 10.0. The molecule has 2 rings (SSSR count). The highest BCUT2D eigenvalue weighted by Gasteiger charge is 2.42. The highest BCUT2D eigenvalue weighted by atomic mass is 16.2. The summed E-state index contributed by atoms with van der Waals surface area (Å²) in [5, 5.41) is 3.06. The molecule has 3 heteroatoms. The molecule has 114 valence electrons. The summed E-state index contributed by atoms with van der Waals surface area (Å²) >= 11 is 0. The van der Waals surface area contributed by atoms with Crippen molar-refractivity contribution in [3.05, 3.63) is 42.0 Å². The molecule has 1 atom stereocenters. The molecule has 1 heterocycles. The summed E-state index contributed by atoms with van der Waals surface area (Å²) in [5.74, 6) is 0.156. The number of carbonyl (C=O) groups is 1. The van der Waals surface area contributed by atoms with E-state index in [-0.39, 0.29) is 17.5 Å². The zero-order valence-electron chi connectivity index (χ0n) is 13.3. The summed E-state index contributed by atoms with van der Waals surface area (Å²) < 4.78 is 0. The number of likely N-dealkylation sites (tertiary alicyclic amines) is 1. The first kappa shape index (κ1) is 15.8. The lowest BCUT2D eigenvalue weighted by Gasteiger charge is -2.33. The Labute approximate surface area is 128 Å². The minimum absolute atomic E-state index is 0.156. The van der Waals surface area contributed by atoms with Crippen molar-refractivity contribution >= 4 is 12.0 Å². The fraction of sp³-hybridized carbons (Fsp3) is 0.500. The third-order valence-electron chi connectivity index (χ3n) is 4.13. The van der Waals surface area contributed by atoms with Crippen molar-refractivity contribution in [2.75, 3.05) is 13.1 Å². The van der Waals surface area contributed by atoms with Crippen molar-refractivity contribution in [2.45, 2.75) is 45.2 Å². The summed E-state index contributed by atoms with van der Waals surface area (Å²) in [5.41, 5.74) is 0.829. The van der Waals surface area contributed by atoms with Gasteiger partial charge in [-0.05, 0) is 45.7 Å². The van der Waals surface area contributed by atoms with Crippen LogP contribution in [0.4, 0.5) is 0 Å². The largest absolute Gasteiger partial charge is 0.352 e. The van der Waals surface area contributed by atoms with Gasteiger partial charge in [-0.2, -0.15) is 0 Å². The van der Waals surface area contributed by atoms with Crippen molar-refractivity contribution in [3.8, 4) is 0 Å². The maximum atomic E-state index is 12.4. The van der Waals surface area contributed by atoms with E-state index in [4.69, 9.17) is 0 Å². The van der Waals surface area contributed by atoms with Gasteiger partial charge in [0, 0.05) is 12.6 Å². The molecule has 0 bridgehead atoms. The Hall–Kier alpha value is -1.61. The van der Waals surface area contributed by atoms with E-state index >= 15 is 0 Å². The van der Waals surface area contributed by atoms with Crippen molar-refractivity contribution in [1.29, 1.82) is 0 Å². The van der Waals surface area contributed by atoms with E-state index in [0.29, 0.717) is 0 Å². The Bertz CT molecular complexity index is 495. The SMILES string of the molecule is CC(C)NC(=O)C1(C)CCCN1C/C=C/c1ccccc1. The molecular formula is C18H26N2O. The van der Waals surface area contributed by atoms with E-state index in [0.717, 1.165) is 25.9 Å². The van der Waals surface area contributed by atoms with Crippen LogP contribution in [-0.4, -0.2) is 35.5 Å². The molecule has 1 aliphatic heterocycles. The van der Waals surface area contributed by atoms with Crippen molar-refractivity contribution in [1.82, 2.24) is 10.2 Å². The quantitative estimate of drug-likeness (QED) is 0.902. The van der Waals surface area contributed by atoms with Crippen LogP contribution >= 0.6 is 0 Å². The molecule has 0 saturated carbocycles. The second kappa shape index (κ2) is 6.90. The smallest absolute Gasteiger partial charge is 0.240 e. The van der Waals surface area contributed by atoms with Gasteiger partial charge < -0.3 is 5.32 Å². The van der Waals surface area contributed by atoms with Gasteiger partial charge in [-0.1, -0.05) is 42.5 Å². The lowest BCUT2D eigenvalue weighted by Crippen LogP contribution is -2.54. The standard InChI is InChI=1S/C18H26N2O/c1-15(2)19-17(21)18(3)12-8-14-20(18)13-7-11-16-9-5-4-6-10-16/h4-7,9-11,15H,8,12-14H2,1-3H3,(H,19,21)/b11-7+. The molecule has 1 unspecified atom stereocenters. The van der Waals surface area contributed by atoms with Crippen LogP contribution in [0.15, 0.2) is 36.4 Å². The normalized spacial score (nSPS) is 23.0. The molecule has 1 amide bonds. The number of carbonyl (C=O) groups excluding carboxylic acids is 1. The van der Waals surface area contributed by atoms with Crippen LogP contribution in [0.1, 0.15) is 39.2 Å². The van der Waals surface area contributed by atoms with Gasteiger partial charge in [0.05, 0.1) is 5.54 Å². The van der Waals surface area contributed by atoms with Crippen LogP contribution in [0.2, 0.25) is 0 Å². The van der Waals surface area contributed by atoms with E-state index in [1.807, 2.05) is 32.0 Å². The van der Waals surface area contributed by atoms with Crippen molar-refractivity contribution in [2.24, 2.45) is 0 Å². The van der Waals surface area contributed by atoms with E-state index < -0.39 is 0 Å². The van der Waals surface area contributed by atoms with Crippen molar-refractivity contribution < 1.29 is 4.79 Å². The predicted molar refractivity (Wildman–Crippen MR) is 88.0 cm³/mol. The Morgan fingerprint density at radius 2 is 2.10 bits per heavy atom.